The van der Waals surface area contributed by atoms with Crippen LogP contribution in [0.4, 0.5) is 5.82 Å². The van der Waals surface area contributed by atoms with E-state index >= 15 is 0 Å². The highest BCUT2D eigenvalue weighted by Crippen LogP contribution is 2.33. The molecule has 3 aromatic rings. The highest BCUT2D eigenvalue weighted by Gasteiger charge is 2.16. The molecule has 3 rings (SSSR count). The second-order valence-corrected chi connectivity index (χ2v) is 4.79. The van der Waals surface area contributed by atoms with Crippen molar-refractivity contribution >= 4 is 17.4 Å². The molecule has 5 heteroatoms. The van der Waals surface area contributed by atoms with Crippen LogP contribution < -0.4 is 5.73 Å². The summed E-state index contributed by atoms with van der Waals surface area (Å²) >= 11 is 6.19. The zero-order valence-corrected chi connectivity index (χ0v) is 11.6. The summed E-state index contributed by atoms with van der Waals surface area (Å²) < 4.78 is 5.37. The van der Waals surface area contributed by atoms with E-state index in [1.54, 1.807) is 30.5 Å². The van der Waals surface area contributed by atoms with Crippen molar-refractivity contribution in [3.63, 3.8) is 0 Å². The van der Waals surface area contributed by atoms with Crippen LogP contribution in [-0.2, 0) is 0 Å². The fourth-order valence-electron chi connectivity index (χ4n) is 2.12. The number of furan rings is 1. The highest BCUT2D eigenvalue weighted by molar-refractivity contribution is 6.33. The summed E-state index contributed by atoms with van der Waals surface area (Å²) in [4.78, 5) is 4.27. The van der Waals surface area contributed by atoms with Crippen LogP contribution in [0.3, 0.4) is 0 Å². The molecule has 4 nitrogen and oxygen atoms in total. The van der Waals surface area contributed by atoms with Crippen LogP contribution in [0.2, 0.25) is 5.02 Å². The molecule has 0 fully saturated rings. The van der Waals surface area contributed by atoms with Gasteiger partial charge in [-0.3, -0.25) is 0 Å². The van der Waals surface area contributed by atoms with E-state index in [2.05, 4.69) is 11.1 Å². The lowest BCUT2D eigenvalue weighted by atomic mass is 10.0. The molecule has 0 saturated carbocycles. The van der Waals surface area contributed by atoms with Crippen LogP contribution in [0.1, 0.15) is 5.56 Å². The molecular formula is C16H10ClN3O. The van der Waals surface area contributed by atoms with Gasteiger partial charge in [-0.15, -0.1) is 0 Å². The average Bonchev–Trinajstić information content (AvgIpc) is 3.01. The number of pyridine rings is 1. The molecule has 2 N–H and O–H groups in total. The van der Waals surface area contributed by atoms with E-state index in [0.29, 0.717) is 27.6 Å². The van der Waals surface area contributed by atoms with Gasteiger partial charge in [-0.2, -0.15) is 5.26 Å². The van der Waals surface area contributed by atoms with Crippen molar-refractivity contribution in [2.75, 3.05) is 5.73 Å². The Kier molecular flexibility index (Phi) is 3.35. The molecule has 102 valence electrons. The Morgan fingerprint density at radius 3 is 2.62 bits per heavy atom. The molecule has 0 saturated heterocycles. The highest BCUT2D eigenvalue weighted by atomic mass is 35.5. The van der Waals surface area contributed by atoms with E-state index in [0.717, 1.165) is 5.56 Å². The maximum Gasteiger partial charge on any atom is 0.142 e. The van der Waals surface area contributed by atoms with Crippen LogP contribution in [0.5, 0.6) is 0 Å². The molecular weight excluding hydrogens is 286 g/mol. The van der Waals surface area contributed by atoms with Crippen molar-refractivity contribution in [3.05, 3.63) is 59.3 Å². The number of hydrogen-bond acceptors (Lipinski definition) is 4. The Hall–Kier alpha value is -2.77. The number of benzene rings is 1. The van der Waals surface area contributed by atoms with Gasteiger partial charge in [0.25, 0.3) is 0 Å². The van der Waals surface area contributed by atoms with E-state index in [9.17, 15) is 5.26 Å². The third kappa shape index (κ3) is 2.35. The van der Waals surface area contributed by atoms with Gasteiger partial charge in [-0.25, -0.2) is 4.98 Å². The number of aromatic nitrogens is 1. The first-order valence-electron chi connectivity index (χ1n) is 6.20. The SMILES string of the molecule is N#Cc1c(-c2ccco2)cc(-c2ccccc2Cl)nc1N. The predicted molar refractivity (Wildman–Crippen MR) is 81.5 cm³/mol. The molecule has 0 aliphatic carbocycles. The largest absolute Gasteiger partial charge is 0.464 e. The Morgan fingerprint density at radius 1 is 1.14 bits per heavy atom. The summed E-state index contributed by atoms with van der Waals surface area (Å²) in [6.45, 7) is 0. The van der Waals surface area contributed by atoms with Crippen molar-refractivity contribution in [3.8, 4) is 28.7 Å². The monoisotopic (exact) mass is 295 g/mol. The zero-order chi connectivity index (χ0) is 14.8. The van der Waals surface area contributed by atoms with Crippen LogP contribution in [0.15, 0.2) is 53.1 Å². The van der Waals surface area contributed by atoms with Crippen molar-refractivity contribution in [1.82, 2.24) is 4.98 Å². The summed E-state index contributed by atoms with van der Waals surface area (Å²) in [5.41, 5.74) is 8.16. The van der Waals surface area contributed by atoms with Gasteiger partial charge in [0, 0.05) is 16.1 Å². The third-order valence-corrected chi connectivity index (χ3v) is 3.43. The average molecular weight is 296 g/mol. The minimum Gasteiger partial charge on any atom is -0.464 e. The summed E-state index contributed by atoms with van der Waals surface area (Å²) in [6, 6.07) is 14.7. The molecule has 0 amide bonds. The number of nitrogen functional groups attached to an aromatic ring is 1. The molecule has 0 unspecified atom stereocenters. The van der Waals surface area contributed by atoms with Crippen molar-refractivity contribution in [1.29, 1.82) is 5.26 Å². The summed E-state index contributed by atoms with van der Waals surface area (Å²) in [7, 11) is 0. The minimum absolute atomic E-state index is 0.154. The first-order chi connectivity index (χ1) is 10.2. The molecule has 1 aromatic carbocycles. The van der Waals surface area contributed by atoms with E-state index < -0.39 is 0 Å². The zero-order valence-electron chi connectivity index (χ0n) is 10.9. The second kappa shape index (κ2) is 5.31. The number of nitriles is 1. The molecule has 0 bridgehead atoms. The normalized spacial score (nSPS) is 10.3. The van der Waals surface area contributed by atoms with Gasteiger partial charge >= 0.3 is 0 Å². The number of rotatable bonds is 2. The fourth-order valence-corrected chi connectivity index (χ4v) is 2.35. The third-order valence-electron chi connectivity index (χ3n) is 3.10. The summed E-state index contributed by atoms with van der Waals surface area (Å²) in [5.74, 6) is 0.718. The van der Waals surface area contributed by atoms with Gasteiger partial charge in [0.2, 0.25) is 0 Å². The van der Waals surface area contributed by atoms with Gasteiger partial charge < -0.3 is 10.2 Å². The molecule has 21 heavy (non-hydrogen) atoms. The standard InChI is InChI=1S/C16H10ClN3O/c17-13-5-2-1-4-10(13)14-8-11(15-6-3-7-21-15)12(9-18)16(19)20-14/h1-8H,(H2,19,20). The summed E-state index contributed by atoms with van der Waals surface area (Å²) in [5, 5.41) is 9.85. The van der Waals surface area contributed by atoms with E-state index in [1.807, 2.05) is 18.2 Å². The predicted octanol–water partition coefficient (Wildman–Crippen LogP) is 4.12. The number of anilines is 1. The maximum atomic E-state index is 9.28. The Morgan fingerprint density at radius 2 is 1.95 bits per heavy atom. The Labute approximate surface area is 126 Å². The number of nitrogens with zero attached hydrogens (tertiary/aromatic N) is 2. The number of halogens is 1. The molecule has 0 spiro atoms. The molecule has 2 heterocycles. The molecule has 0 atom stereocenters. The van der Waals surface area contributed by atoms with Crippen LogP contribution in [-0.4, -0.2) is 4.98 Å². The van der Waals surface area contributed by atoms with Crippen LogP contribution in [0, 0.1) is 11.3 Å². The van der Waals surface area contributed by atoms with Gasteiger partial charge in [0.05, 0.1) is 12.0 Å². The quantitative estimate of drug-likeness (QED) is 0.771. The van der Waals surface area contributed by atoms with Crippen LogP contribution >= 0.6 is 11.6 Å². The maximum absolute atomic E-state index is 9.28. The Bertz CT molecular complexity index is 835. The Balaban J connectivity index is 2.26. The molecule has 2 aromatic heterocycles. The lowest BCUT2D eigenvalue weighted by Crippen LogP contribution is -1.99. The van der Waals surface area contributed by atoms with Gasteiger partial charge in [-0.05, 0) is 24.3 Å². The first kappa shape index (κ1) is 13.2. The van der Waals surface area contributed by atoms with Gasteiger partial charge in [-0.1, -0.05) is 29.8 Å². The lowest BCUT2D eigenvalue weighted by molar-refractivity contribution is 0.582. The molecule has 0 radical (unpaired) electrons. The van der Waals surface area contributed by atoms with E-state index in [4.69, 9.17) is 21.8 Å². The topological polar surface area (TPSA) is 75.8 Å². The lowest BCUT2D eigenvalue weighted by Gasteiger charge is -2.09. The summed E-state index contributed by atoms with van der Waals surface area (Å²) in [6.07, 6.45) is 1.54. The number of hydrogen-bond donors (Lipinski definition) is 1. The van der Waals surface area contributed by atoms with Gasteiger partial charge in [0.1, 0.15) is 23.2 Å². The second-order valence-electron chi connectivity index (χ2n) is 4.38. The van der Waals surface area contributed by atoms with Crippen molar-refractivity contribution in [2.24, 2.45) is 0 Å². The van der Waals surface area contributed by atoms with Crippen molar-refractivity contribution in [2.45, 2.75) is 0 Å². The fraction of sp³-hybridized carbons (Fsp3) is 0. The van der Waals surface area contributed by atoms with E-state index in [1.165, 1.54) is 0 Å². The van der Waals surface area contributed by atoms with Crippen LogP contribution in [0.25, 0.3) is 22.6 Å². The minimum atomic E-state index is 0.154. The number of nitrogens with two attached hydrogens (primary N) is 1. The molecule has 0 aliphatic heterocycles. The first-order valence-corrected chi connectivity index (χ1v) is 6.58. The smallest absolute Gasteiger partial charge is 0.142 e. The van der Waals surface area contributed by atoms with Crippen molar-refractivity contribution < 1.29 is 4.42 Å². The van der Waals surface area contributed by atoms with E-state index in [-0.39, 0.29) is 5.82 Å². The molecule has 0 aliphatic rings. The van der Waals surface area contributed by atoms with Gasteiger partial charge in [0.15, 0.2) is 0 Å².